The van der Waals surface area contributed by atoms with Gasteiger partial charge in [0.15, 0.2) is 23.0 Å². The van der Waals surface area contributed by atoms with Crippen molar-refractivity contribution in [3.05, 3.63) is 48.5 Å². The first-order valence-electron chi connectivity index (χ1n) is 13.7. The van der Waals surface area contributed by atoms with E-state index in [4.69, 9.17) is 39.6 Å². The average Bonchev–Trinajstić information content (AvgIpc) is 2.95. The molecule has 1 aliphatic rings. The van der Waals surface area contributed by atoms with Crippen molar-refractivity contribution in [3.63, 3.8) is 0 Å². The van der Waals surface area contributed by atoms with E-state index in [0.717, 1.165) is 32.1 Å². The van der Waals surface area contributed by atoms with Crippen LogP contribution >= 0.6 is 0 Å². The molecule has 0 spiro atoms. The highest BCUT2D eigenvalue weighted by atomic mass is 16.6. The van der Waals surface area contributed by atoms with Gasteiger partial charge in [0.2, 0.25) is 0 Å². The molecule has 0 fully saturated rings. The monoisotopic (exact) mass is 540 g/mol. The van der Waals surface area contributed by atoms with Crippen LogP contribution in [0.25, 0.3) is 0 Å². The van der Waals surface area contributed by atoms with E-state index in [1.165, 1.54) is 0 Å². The van der Waals surface area contributed by atoms with Crippen molar-refractivity contribution < 1.29 is 38.0 Å². The molecule has 0 saturated heterocycles. The second-order valence-corrected chi connectivity index (χ2v) is 9.18. The predicted molar refractivity (Wildman–Crippen MR) is 148 cm³/mol. The fraction of sp³-hybridized carbons (Fsp3) is 0.516. The quantitative estimate of drug-likeness (QED) is 0.230. The minimum absolute atomic E-state index is 0.136. The lowest BCUT2D eigenvalue weighted by atomic mass is 9.96. The summed E-state index contributed by atoms with van der Waals surface area (Å²) in [7, 11) is 0. The molecule has 0 atom stereocenters. The Morgan fingerprint density at radius 3 is 1.90 bits per heavy atom. The molecule has 8 nitrogen and oxygen atoms in total. The number of esters is 1. The molecule has 0 unspecified atom stereocenters. The standard InChI is InChI=1S/C31H40O8/c1-3-5-6-7-8-13-18-31(39-23-30(32)34-4-2)24-37-28-16-11-9-14-26(28)35-21-19-33-20-22-36-27-15-10-12-17-29(27)38-25-31/h1,9-12,14-17H,4-8,13,18-25H2,2H3. The molecule has 2 aromatic carbocycles. The van der Waals surface area contributed by atoms with Gasteiger partial charge in [0.05, 0.1) is 19.8 Å². The van der Waals surface area contributed by atoms with Crippen LogP contribution in [-0.4, -0.2) is 64.4 Å². The Morgan fingerprint density at radius 1 is 0.821 bits per heavy atom. The van der Waals surface area contributed by atoms with Crippen LogP contribution in [0.15, 0.2) is 48.5 Å². The van der Waals surface area contributed by atoms with Crippen LogP contribution in [0.3, 0.4) is 0 Å². The van der Waals surface area contributed by atoms with E-state index in [1.54, 1.807) is 6.92 Å². The summed E-state index contributed by atoms with van der Waals surface area (Å²) < 4.78 is 41.5. The van der Waals surface area contributed by atoms with Gasteiger partial charge in [-0.05, 0) is 44.0 Å². The highest BCUT2D eigenvalue weighted by molar-refractivity contribution is 5.70. The summed E-state index contributed by atoms with van der Waals surface area (Å²) >= 11 is 0. The maximum Gasteiger partial charge on any atom is 0.332 e. The first-order valence-corrected chi connectivity index (χ1v) is 13.7. The van der Waals surface area contributed by atoms with E-state index >= 15 is 0 Å². The van der Waals surface area contributed by atoms with Crippen LogP contribution in [0.2, 0.25) is 0 Å². The van der Waals surface area contributed by atoms with Gasteiger partial charge in [-0.15, -0.1) is 12.3 Å². The largest absolute Gasteiger partial charge is 0.487 e. The van der Waals surface area contributed by atoms with E-state index in [9.17, 15) is 4.79 Å². The number of terminal acetylenes is 1. The van der Waals surface area contributed by atoms with E-state index in [1.807, 2.05) is 48.5 Å². The summed E-state index contributed by atoms with van der Waals surface area (Å²) in [5.74, 6) is 4.60. The molecule has 212 valence electrons. The summed E-state index contributed by atoms with van der Waals surface area (Å²) in [5.41, 5.74) is -0.945. The summed E-state index contributed by atoms with van der Waals surface area (Å²) in [5, 5.41) is 0. The first kappa shape index (κ1) is 30.1. The Morgan fingerprint density at radius 2 is 1.36 bits per heavy atom. The van der Waals surface area contributed by atoms with Gasteiger partial charge in [-0.3, -0.25) is 0 Å². The fourth-order valence-corrected chi connectivity index (χ4v) is 4.10. The lowest BCUT2D eigenvalue weighted by molar-refractivity contribution is -0.162. The number of ether oxygens (including phenoxy) is 7. The number of carbonyl (C=O) groups excluding carboxylic acids is 1. The number of fused-ring (bicyclic) bond motifs is 2. The normalized spacial score (nSPS) is 15.6. The van der Waals surface area contributed by atoms with Gasteiger partial charge >= 0.3 is 5.97 Å². The first-order chi connectivity index (χ1) is 19.2. The molecule has 0 aliphatic carbocycles. The third-order valence-corrected chi connectivity index (χ3v) is 6.16. The molecule has 8 heteroatoms. The topological polar surface area (TPSA) is 81.7 Å². The number of rotatable bonds is 10. The van der Waals surface area contributed by atoms with Crippen molar-refractivity contribution in [2.75, 3.05) is 52.9 Å². The summed E-state index contributed by atoms with van der Waals surface area (Å²) in [4.78, 5) is 12.3. The molecule has 0 N–H and O–H groups in total. The Labute approximate surface area is 231 Å². The van der Waals surface area contributed by atoms with Crippen LogP contribution in [0.4, 0.5) is 0 Å². The van der Waals surface area contributed by atoms with Gasteiger partial charge in [-0.1, -0.05) is 43.5 Å². The molecule has 1 aliphatic heterocycles. The molecule has 1 heterocycles. The third-order valence-electron chi connectivity index (χ3n) is 6.16. The van der Waals surface area contributed by atoms with Gasteiger partial charge in [0.1, 0.15) is 38.6 Å². The fourth-order valence-electron chi connectivity index (χ4n) is 4.10. The minimum Gasteiger partial charge on any atom is -0.487 e. The van der Waals surface area contributed by atoms with E-state index in [2.05, 4.69) is 5.92 Å². The molecule has 39 heavy (non-hydrogen) atoms. The smallest absolute Gasteiger partial charge is 0.332 e. The van der Waals surface area contributed by atoms with Crippen molar-refractivity contribution in [1.29, 1.82) is 0 Å². The lowest BCUT2D eigenvalue weighted by Gasteiger charge is -2.34. The second-order valence-electron chi connectivity index (χ2n) is 9.18. The van der Waals surface area contributed by atoms with Crippen molar-refractivity contribution in [2.45, 2.75) is 51.0 Å². The summed E-state index contributed by atoms with van der Waals surface area (Å²) in [6, 6.07) is 14.9. The maximum atomic E-state index is 12.3. The van der Waals surface area contributed by atoms with Gasteiger partial charge in [-0.25, -0.2) is 4.79 Å². The van der Waals surface area contributed by atoms with Gasteiger partial charge in [0.25, 0.3) is 0 Å². The SMILES string of the molecule is C#CCCCCCCC1(OCC(=O)OCC)COc2ccccc2OCCOCCOc2ccccc2OC1. The van der Waals surface area contributed by atoms with Crippen LogP contribution in [-0.2, 0) is 19.0 Å². The molecule has 0 amide bonds. The second kappa shape index (κ2) is 17.2. The van der Waals surface area contributed by atoms with Gasteiger partial charge in [-0.2, -0.15) is 0 Å². The molecule has 0 saturated carbocycles. The number of benzene rings is 2. The molecular formula is C31H40O8. The minimum atomic E-state index is -0.945. The highest BCUT2D eigenvalue weighted by Crippen LogP contribution is 2.32. The number of hydrogen-bond donors (Lipinski definition) is 0. The van der Waals surface area contributed by atoms with Crippen LogP contribution in [0, 0.1) is 12.3 Å². The van der Waals surface area contributed by atoms with Crippen LogP contribution < -0.4 is 18.9 Å². The Kier molecular flexibility index (Phi) is 13.3. The number of para-hydroxylation sites is 4. The van der Waals surface area contributed by atoms with Crippen molar-refractivity contribution in [3.8, 4) is 35.3 Å². The number of hydrogen-bond acceptors (Lipinski definition) is 8. The molecule has 0 bridgehead atoms. The zero-order valence-corrected chi connectivity index (χ0v) is 22.9. The van der Waals surface area contributed by atoms with Crippen molar-refractivity contribution >= 4 is 5.97 Å². The predicted octanol–water partition coefficient (Wildman–Crippen LogP) is 5.22. The molecular weight excluding hydrogens is 500 g/mol. The zero-order valence-electron chi connectivity index (χ0n) is 22.9. The third kappa shape index (κ3) is 10.7. The lowest BCUT2D eigenvalue weighted by Crippen LogP contribution is -2.46. The highest BCUT2D eigenvalue weighted by Gasteiger charge is 2.35. The summed E-state index contributed by atoms with van der Waals surface area (Å²) in [6.45, 7) is 3.63. The number of carbonyl (C=O) groups is 1. The van der Waals surface area contributed by atoms with Crippen LogP contribution in [0.5, 0.6) is 23.0 Å². The zero-order chi connectivity index (χ0) is 27.6. The summed E-state index contributed by atoms with van der Waals surface area (Å²) in [6.07, 6.45) is 10.5. The van der Waals surface area contributed by atoms with E-state index in [0.29, 0.717) is 55.8 Å². The van der Waals surface area contributed by atoms with Crippen LogP contribution in [0.1, 0.15) is 45.4 Å². The van der Waals surface area contributed by atoms with Crippen molar-refractivity contribution in [1.82, 2.24) is 0 Å². The van der Waals surface area contributed by atoms with Crippen molar-refractivity contribution in [2.24, 2.45) is 0 Å². The van der Waals surface area contributed by atoms with E-state index in [-0.39, 0.29) is 26.4 Å². The van der Waals surface area contributed by atoms with E-state index < -0.39 is 11.6 Å². The maximum absolute atomic E-state index is 12.3. The van der Waals surface area contributed by atoms with Gasteiger partial charge < -0.3 is 33.2 Å². The molecule has 0 radical (unpaired) electrons. The average molecular weight is 541 g/mol. The Bertz CT molecular complexity index is 976. The molecule has 0 aromatic heterocycles. The number of unbranched alkanes of at least 4 members (excludes halogenated alkanes) is 4. The molecule has 2 aromatic rings. The molecule has 3 rings (SSSR count). The Balaban J connectivity index is 1.86. The Hall–Kier alpha value is -3.41. The van der Waals surface area contributed by atoms with Gasteiger partial charge in [0, 0.05) is 6.42 Å².